The molecule has 0 spiro atoms. The average molecular weight is 408 g/mol. The maximum atomic E-state index is 12.1. The SMILES string of the molecule is O=c1cc[nH]cc1S(=O)(=O)Nc1ccc(Br)cc1Br. The molecule has 0 aliphatic heterocycles. The van der Waals surface area contributed by atoms with Crippen LogP contribution in [0.2, 0.25) is 0 Å². The van der Waals surface area contributed by atoms with E-state index in [2.05, 4.69) is 41.6 Å². The minimum Gasteiger partial charge on any atom is -0.366 e. The lowest BCUT2D eigenvalue weighted by Crippen LogP contribution is -2.21. The molecule has 0 saturated carbocycles. The van der Waals surface area contributed by atoms with Crippen molar-refractivity contribution in [2.75, 3.05) is 4.72 Å². The van der Waals surface area contributed by atoms with E-state index in [1.54, 1.807) is 18.2 Å². The van der Waals surface area contributed by atoms with Gasteiger partial charge in [-0.1, -0.05) is 15.9 Å². The van der Waals surface area contributed by atoms with Crippen LogP contribution in [0.3, 0.4) is 0 Å². The van der Waals surface area contributed by atoms with Gasteiger partial charge >= 0.3 is 0 Å². The summed E-state index contributed by atoms with van der Waals surface area (Å²) >= 11 is 6.52. The second-order valence-corrected chi connectivity index (χ2v) is 7.02. The topological polar surface area (TPSA) is 79.0 Å². The maximum Gasteiger partial charge on any atom is 0.267 e. The van der Waals surface area contributed by atoms with Gasteiger partial charge in [0.25, 0.3) is 10.0 Å². The molecule has 1 aromatic heterocycles. The van der Waals surface area contributed by atoms with Crippen LogP contribution in [0.4, 0.5) is 5.69 Å². The van der Waals surface area contributed by atoms with Crippen LogP contribution in [-0.4, -0.2) is 13.4 Å². The van der Waals surface area contributed by atoms with E-state index in [-0.39, 0.29) is 4.90 Å². The Hall–Kier alpha value is -1.12. The number of aromatic nitrogens is 1. The molecule has 1 aromatic carbocycles. The van der Waals surface area contributed by atoms with Crippen molar-refractivity contribution >= 4 is 47.6 Å². The molecular weight excluding hydrogens is 400 g/mol. The molecule has 2 N–H and O–H groups in total. The highest BCUT2D eigenvalue weighted by molar-refractivity contribution is 9.11. The molecule has 100 valence electrons. The Morgan fingerprint density at radius 2 is 1.89 bits per heavy atom. The molecule has 0 aliphatic rings. The summed E-state index contributed by atoms with van der Waals surface area (Å²) < 4.78 is 27.9. The fraction of sp³-hybridized carbons (Fsp3) is 0. The van der Waals surface area contributed by atoms with Gasteiger partial charge in [-0.15, -0.1) is 0 Å². The summed E-state index contributed by atoms with van der Waals surface area (Å²) in [6.07, 6.45) is 2.52. The van der Waals surface area contributed by atoms with Crippen LogP contribution in [-0.2, 0) is 10.0 Å². The van der Waals surface area contributed by atoms with Gasteiger partial charge in [0.2, 0.25) is 5.43 Å². The van der Waals surface area contributed by atoms with Crippen molar-refractivity contribution in [2.24, 2.45) is 0 Å². The van der Waals surface area contributed by atoms with Crippen molar-refractivity contribution in [2.45, 2.75) is 4.90 Å². The number of hydrogen-bond acceptors (Lipinski definition) is 3. The molecule has 19 heavy (non-hydrogen) atoms. The molecule has 2 aromatic rings. The quantitative estimate of drug-likeness (QED) is 0.820. The Morgan fingerprint density at radius 1 is 1.16 bits per heavy atom. The van der Waals surface area contributed by atoms with Crippen molar-refractivity contribution in [1.82, 2.24) is 4.98 Å². The maximum absolute atomic E-state index is 12.1. The third-order valence-electron chi connectivity index (χ3n) is 2.25. The Kier molecular flexibility index (Phi) is 4.12. The summed E-state index contributed by atoms with van der Waals surface area (Å²) in [4.78, 5) is 13.8. The highest BCUT2D eigenvalue weighted by Gasteiger charge is 2.18. The van der Waals surface area contributed by atoms with Gasteiger partial charge < -0.3 is 4.98 Å². The average Bonchev–Trinajstić information content (AvgIpc) is 2.33. The van der Waals surface area contributed by atoms with Crippen molar-refractivity contribution < 1.29 is 8.42 Å². The molecule has 8 heteroatoms. The Balaban J connectivity index is 2.43. The normalized spacial score (nSPS) is 11.3. The van der Waals surface area contributed by atoms with E-state index in [0.29, 0.717) is 10.2 Å². The summed E-state index contributed by atoms with van der Waals surface area (Å²) in [5.41, 5.74) is -0.217. The molecule has 0 atom stereocenters. The summed E-state index contributed by atoms with van der Waals surface area (Å²) in [6, 6.07) is 6.14. The first-order valence-electron chi connectivity index (χ1n) is 5.05. The first-order chi connectivity index (χ1) is 8.90. The minimum absolute atomic E-state index is 0.329. The molecule has 0 amide bonds. The molecule has 5 nitrogen and oxygen atoms in total. The van der Waals surface area contributed by atoms with Gasteiger partial charge in [0.1, 0.15) is 0 Å². The first kappa shape index (κ1) is 14.3. The van der Waals surface area contributed by atoms with Crippen molar-refractivity contribution in [3.63, 3.8) is 0 Å². The summed E-state index contributed by atoms with van der Waals surface area (Å²) in [5, 5.41) is 0. The van der Waals surface area contributed by atoms with Gasteiger partial charge in [0.15, 0.2) is 4.90 Å². The molecule has 2 rings (SSSR count). The number of nitrogens with one attached hydrogen (secondary N) is 2. The van der Waals surface area contributed by atoms with Crippen molar-refractivity contribution in [3.05, 3.63) is 55.8 Å². The van der Waals surface area contributed by atoms with E-state index < -0.39 is 15.5 Å². The van der Waals surface area contributed by atoms with Crippen LogP contribution < -0.4 is 10.2 Å². The first-order valence-corrected chi connectivity index (χ1v) is 8.12. The van der Waals surface area contributed by atoms with E-state index in [1.807, 2.05) is 0 Å². The smallest absolute Gasteiger partial charge is 0.267 e. The number of pyridine rings is 1. The Morgan fingerprint density at radius 3 is 2.53 bits per heavy atom. The number of rotatable bonds is 3. The van der Waals surface area contributed by atoms with Crippen molar-refractivity contribution in [3.8, 4) is 0 Å². The second-order valence-electron chi connectivity index (χ2n) is 3.60. The Labute approximate surface area is 126 Å². The fourth-order valence-electron chi connectivity index (χ4n) is 1.38. The molecule has 0 saturated heterocycles. The molecule has 0 aliphatic carbocycles. The Bertz CT molecular complexity index is 772. The van der Waals surface area contributed by atoms with Gasteiger partial charge in [-0.05, 0) is 34.1 Å². The van der Waals surface area contributed by atoms with Crippen LogP contribution in [0.25, 0.3) is 0 Å². The lowest BCUT2D eigenvalue weighted by atomic mass is 10.3. The lowest BCUT2D eigenvalue weighted by molar-refractivity contribution is 0.600. The van der Waals surface area contributed by atoms with Gasteiger partial charge in [-0.3, -0.25) is 9.52 Å². The van der Waals surface area contributed by atoms with Crippen LogP contribution in [0.15, 0.2) is 55.3 Å². The minimum atomic E-state index is -3.92. The molecule has 0 fully saturated rings. The monoisotopic (exact) mass is 406 g/mol. The number of aromatic amines is 1. The van der Waals surface area contributed by atoms with E-state index in [1.165, 1.54) is 6.20 Å². The van der Waals surface area contributed by atoms with Gasteiger partial charge in [-0.2, -0.15) is 0 Å². The molecule has 1 heterocycles. The third-order valence-corrected chi connectivity index (χ3v) is 4.79. The van der Waals surface area contributed by atoms with Gasteiger partial charge in [-0.25, -0.2) is 8.42 Å². The number of hydrogen-bond donors (Lipinski definition) is 2. The molecule has 0 unspecified atom stereocenters. The predicted octanol–water partition coefficient (Wildman–Crippen LogP) is 2.70. The number of H-pyrrole nitrogens is 1. The van der Waals surface area contributed by atoms with Crippen LogP contribution in [0.5, 0.6) is 0 Å². The number of halogens is 2. The van der Waals surface area contributed by atoms with Gasteiger partial charge in [0, 0.05) is 27.4 Å². The largest absolute Gasteiger partial charge is 0.366 e. The molecular formula is C11H8Br2N2O3S. The predicted molar refractivity (Wildman–Crippen MR) is 79.7 cm³/mol. The van der Waals surface area contributed by atoms with Crippen LogP contribution >= 0.6 is 31.9 Å². The lowest BCUT2D eigenvalue weighted by Gasteiger charge is -2.09. The van der Waals surface area contributed by atoms with E-state index in [0.717, 1.165) is 16.7 Å². The van der Waals surface area contributed by atoms with Crippen molar-refractivity contribution in [1.29, 1.82) is 0 Å². The number of sulfonamides is 1. The number of anilines is 1. The standard InChI is InChI=1S/C11H8Br2N2O3S/c12-7-1-2-9(8(13)5-7)15-19(17,18)11-6-14-4-3-10(11)16/h1-6,15H,(H,14,16). The van der Waals surface area contributed by atoms with E-state index >= 15 is 0 Å². The van der Waals surface area contributed by atoms with E-state index in [4.69, 9.17) is 0 Å². The number of benzene rings is 1. The second kappa shape index (κ2) is 5.48. The highest BCUT2D eigenvalue weighted by atomic mass is 79.9. The van der Waals surface area contributed by atoms with Gasteiger partial charge in [0.05, 0.1) is 5.69 Å². The van der Waals surface area contributed by atoms with Crippen LogP contribution in [0, 0.1) is 0 Å². The molecule has 0 bridgehead atoms. The zero-order valence-electron chi connectivity index (χ0n) is 9.35. The zero-order valence-corrected chi connectivity index (χ0v) is 13.3. The fourth-order valence-corrected chi connectivity index (χ4v) is 3.79. The summed E-state index contributed by atoms with van der Waals surface area (Å²) in [5.74, 6) is 0. The molecule has 0 radical (unpaired) electrons. The third kappa shape index (κ3) is 3.26. The van der Waals surface area contributed by atoms with E-state index in [9.17, 15) is 13.2 Å². The summed E-state index contributed by atoms with van der Waals surface area (Å²) in [7, 11) is -3.92. The highest BCUT2D eigenvalue weighted by Crippen LogP contribution is 2.27. The summed E-state index contributed by atoms with van der Waals surface area (Å²) in [6.45, 7) is 0. The van der Waals surface area contributed by atoms with Crippen LogP contribution in [0.1, 0.15) is 0 Å². The zero-order chi connectivity index (χ0) is 14.0.